The van der Waals surface area contributed by atoms with Gasteiger partial charge in [0.15, 0.2) is 0 Å². The third-order valence-electron chi connectivity index (χ3n) is 3.29. The van der Waals surface area contributed by atoms with Crippen LogP contribution in [0.3, 0.4) is 0 Å². The highest BCUT2D eigenvalue weighted by Gasteiger charge is 2.07. The van der Waals surface area contributed by atoms with Crippen LogP contribution in [0, 0.1) is 0 Å². The van der Waals surface area contributed by atoms with Crippen molar-refractivity contribution in [3.8, 4) is 5.75 Å². The van der Waals surface area contributed by atoms with Crippen LogP contribution in [0.2, 0.25) is 0 Å². The average Bonchev–Trinajstić information content (AvgIpc) is 2.44. The molecule has 2 aromatic rings. The number of phenols is 1. The van der Waals surface area contributed by atoms with E-state index in [1.807, 2.05) is 43.3 Å². The summed E-state index contributed by atoms with van der Waals surface area (Å²) in [4.78, 5) is 0. The van der Waals surface area contributed by atoms with Crippen molar-refractivity contribution < 1.29 is 5.11 Å². The maximum atomic E-state index is 10.0. The van der Waals surface area contributed by atoms with Crippen molar-refractivity contribution in [1.82, 2.24) is 0 Å². The molecule has 1 unspecified atom stereocenters. The summed E-state index contributed by atoms with van der Waals surface area (Å²) in [6, 6.07) is 13.1. The predicted molar refractivity (Wildman–Crippen MR) is 91.5 cm³/mol. The molecule has 6 N–H and O–H groups in total. The second kappa shape index (κ2) is 7.76. The van der Waals surface area contributed by atoms with Gasteiger partial charge in [0.25, 0.3) is 0 Å². The normalized spacial score (nSPS) is 11.5. The number of phenolic OH excluding ortho intramolecular Hbond substituents is 1. The second-order valence-corrected chi connectivity index (χ2v) is 4.96. The molecule has 0 radical (unpaired) electrons. The molecule has 0 saturated carbocycles. The molecule has 0 spiro atoms. The van der Waals surface area contributed by atoms with Gasteiger partial charge in [-0.3, -0.25) is 0 Å². The lowest BCUT2D eigenvalue weighted by molar-refractivity contribution is 0.464. The Bertz CT molecular complexity index is 572. The molecule has 114 valence electrons. The lowest BCUT2D eigenvalue weighted by atomic mass is 10.0. The van der Waals surface area contributed by atoms with E-state index in [0.717, 1.165) is 29.0 Å². The van der Waals surface area contributed by atoms with Crippen molar-refractivity contribution in [3.05, 3.63) is 48.0 Å². The summed E-state index contributed by atoms with van der Waals surface area (Å²) in [5, 5.41) is 13.3. The smallest absolute Gasteiger partial charge is 0.120 e. The lowest BCUT2D eigenvalue weighted by Gasteiger charge is -2.12. The van der Waals surface area contributed by atoms with Crippen LogP contribution >= 0.6 is 12.4 Å². The molecule has 2 aromatic carbocycles. The Morgan fingerprint density at radius 1 is 1.10 bits per heavy atom. The molecule has 0 amide bonds. The van der Waals surface area contributed by atoms with Crippen molar-refractivity contribution in [1.29, 1.82) is 0 Å². The largest absolute Gasteiger partial charge is 0.508 e. The fourth-order valence-electron chi connectivity index (χ4n) is 1.97. The lowest BCUT2D eigenvalue weighted by Crippen LogP contribution is -2.21. The van der Waals surface area contributed by atoms with Crippen LogP contribution in [0.1, 0.15) is 18.9 Å². The first-order valence-corrected chi connectivity index (χ1v) is 6.78. The zero-order valence-electron chi connectivity index (χ0n) is 12.0. The fourth-order valence-corrected chi connectivity index (χ4v) is 1.97. The highest BCUT2D eigenvalue weighted by atomic mass is 35.5. The molecule has 5 heteroatoms. The maximum Gasteiger partial charge on any atom is 0.120 e. The molecule has 1 atom stereocenters. The molecular weight excluding hydrogens is 286 g/mol. The van der Waals surface area contributed by atoms with Gasteiger partial charge in [0, 0.05) is 29.2 Å². The van der Waals surface area contributed by atoms with Crippen LogP contribution in [0.25, 0.3) is 0 Å². The molecule has 21 heavy (non-hydrogen) atoms. The molecule has 0 fully saturated rings. The molecule has 0 heterocycles. The van der Waals surface area contributed by atoms with E-state index in [-0.39, 0.29) is 24.2 Å². The first-order valence-electron chi connectivity index (χ1n) is 6.78. The topological polar surface area (TPSA) is 84.3 Å². The summed E-state index contributed by atoms with van der Waals surface area (Å²) in [6.07, 6.45) is 1.58. The van der Waals surface area contributed by atoms with Crippen LogP contribution in [0.15, 0.2) is 42.5 Å². The van der Waals surface area contributed by atoms with E-state index in [0.29, 0.717) is 6.42 Å². The van der Waals surface area contributed by atoms with Crippen LogP contribution in [0.4, 0.5) is 17.1 Å². The first-order chi connectivity index (χ1) is 9.58. The number of benzene rings is 2. The number of anilines is 3. The fraction of sp³-hybridized carbons (Fsp3) is 0.250. The number of nitrogen functional groups attached to an aromatic ring is 1. The van der Waals surface area contributed by atoms with Gasteiger partial charge in [0.2, 0.25) is 0 Å². The summed E-state index contributed by atoms with van der Waals surface area (Å²) in [6.45, 7) is 2.04. The Morgan fingerprint density at radius 3 is 2.29 bits per heavy atom. The Balaban J connectivity index is 0.00000220. The van der Waals surface area contributed by atoms with Crippen molar-refractivity contribution in [2.45, 2.75) is 25.8 Å². The number of nitrogens with two attached hydrogens (primary N) is 2. The molecule has 0 aliphatic rings. The zero-order valence-corrected chi connectivity index (χ0v) is 12.9. The Morgan fingerprint density at radius 2 is 1.71 bits per heavy atom. The molecular formula is C16H22ClN3O. The summed E-state index contributed by atoms with van der Waals surface area (Å²) < 4.78 is 0. The van der Waals surface area contributed by atoms with Gasteiger partial charge < -0.3 is 21.9 Å². The SMILES string of the molecule is CCC(N)Cc1ccc(Nc2ccc(N)cc2)cc1O.Cl. The minimum absolute atomic E-state index is 0. The van der Waals surface area contributed by atoms with Gasteiger partial charge in [-0.2, -0.15) is 0 Å². The van der Waals surface area contributed by atoms with Gasteiger partial charge in [-0.1, -0.05) is 13.0 Å². The molecule has 0 saturated heterocycles. The number of hydrogen-bond acceptors (Lipinski definition) is 4. The van der Waals surface area contributed by atoms with E-state index >= 15 is 0 Å². The minimum atomic E-state index is 0. The van der Waals surface area contributed by atoms with Crippen molar-refractivity contribution >= 4 is 29.5 Å². The van der Waals surface area contributed by atoms with Crippen molar-refractivity contribution in [2.24, 2.45) is 5.73 Å². The Kier molecular flexibility index (Phi) is 6.34. The summed E-state index contributed by atoms with van der Waals surface area (Å²) >= 11 is 0. The number of hydrogen-bond donors (Lipinski definition) is 4. The van der Waals surface area contributed by atoms with E-state index in [1.54, 1.807) is 6.07 Å². The van der Waals surface area contributed by atoms with Gasteiger partial charge in [0.05, 0.1) is 0 Å². The molecule has 0 aliphatic heterocycles. The minimum Gasteiger partial charge on any atom is -0.508 e. The summed E-state index contributed by atoms with van der Waals surface area (Å²) in [5.74, 6) is 0.273. The number of halogens is 1. The van der Waals surface area contributed by atoms with Crippen LogP contribution in [0.5, 0.6) is 5.75 Å². The Hall–Kier alpha value is -1.91. The quantitative estimate of drug-likeness (QED) is 0.638. The number of rotatable bonds is 5. The van der Waals surface area contributed by atoms with Crippen molar-refractivity contribution in [3.63, 3.8) is 0 Å². The predicted octanol–water partition coefficient (Wildman–Crippen LogP) is 3.42. The van der Waals surface area contributed by atoms with Crippen LogP contribution in [-0.2, 0) is 6.42 Å². The summed E-state index contributed by atoms with van der Waals surface area (Å²) in [5.41, 5.74) is 14.9. The van der Waals surface area contributed by atoms with E-state index in [2.05, 4.69) is 5.32 Å². The number of nitrogens with one attached hydrogen (secondary N) is 1. The number of aromatic hydroxyl groups is 1. The Labute approximate surface area is 131 Å². The van der Waals surface area contributed by atoms with E-state index < -0.39 is 0 Å². The molecule has 0 aromatic heterocycles. The van der Waals surface area contributed by atoms with E-state index in [1.165, 1.54) is 0 Å². The molecule has 0 aliphatic carbocycles. The second-order valence-electron chi connectivity index (χ2n) is 4.96. The monoisotopic (exact) mass is 307 g/mol. The molecule has 0 bridgehead atoms. The van der Waals surface area contributed by atoms with Gasteiger partial charge in [-0.15, -0.1) is 12.4 Å². The average molecular weight is 308 g/mol. The van der Waals surface area contributed by atoms with Gasteiger partial charge >= 0.3 is 0 Å². The highest BCUT2D eigenvalue weighted by molar-refractivity contribution is 5.85. The zero-order chi connectivity index (χ0) is 14.5. The molecule has 4 nitrogen and oxygen atoms in total. The van der Waals surface area contributed by atoms with Crippen LogP contribution in [-0.4, -0.2) is 11.1 Å². The van der Waals surface area contributed by atoms with E-state index in [4.69, 9.17) is 11.5 Å². The van der Waals surface area contributed by atoms with Gasteiger partial charge in [0.1, 0.15) is 5.75 Å². The van der Waals surface area contributed by atoms with Gasteiger partial charge in [-0.05, 0) is 48.7 Å². The van der Waals surface area contributed by atoms with Gasteiger partial charge in [-0.25, -0.2) is 0 Å². The standard InChI is InChI=1S/C16H21N3O.ClH/c1-2-12(17)9-11-3-6-15(10-16(11)20)19-14-7-4-13(18)5-8-14;/h3-8,10,12,19-20H,2,9,17-18H2,1H3;1H. The maximum absolute atomic E-state index is 10.0. The summed E-state index contributed by atoms with van der Waals surface area (Å²) in [7, 11) is 0. The van der Waals surface area contributed by atoms with Crippen LogP contribution < -0.4 is 16.8 Å². The third kappa shape index (κ3) is 4.85. The van der Waals surface area contributed by atoms with E-state index in [9.17, 15) is 5.11 Å². The first kappa shape index (κ1) is 17.1. The highest BCUT2D eigenvalue weighted by Crippen LogP contribution is 2.26. The molecule has 2 rings (SSSR count). The third-order valence-corrected chi connectivity index (χ3v) is 3.29. The van der Waals surface area contributed by atoms with Crippen molar-refractivity contribution in [2.75, 3.05) is 11.1 Å².